The summed E-state index contributed by atoms with van der Waals surface area (Å²) >= 11 is 5.46. The largest absolute Gasteiger partial charge is 0.430 e. The number of unbranched alkanes of at least 4 members (excludes halogenated alkanes) is 1. The second-order valence-electron chi connectivity index (χ2n) is 6.21. The van der Waals surface area contributed by atoms with Crippen LogP contribution >= 0.6 is 12.2 Å². The second kappa shape index (κ2) is 9.30. The Balaban J connectivity index is 3.34. The third-order valence-electron chi connectivity index (χ3n) is 4.42. The monoisotopic (exact) mass is 430 g/mol. The summed E-state index contributed by atoms with van der Waals surface area (Å²) in [5.74, 6) is 0. The number of thiocarbonyl (C=S) groups is 1. The van der Waals surface area contributed by atoms with Crippen molar-refractivity contribution >= 4 is 23.0 Å². The molecular weight excluding hydrogens is 406 g/mol. The van der Waals surface area contributed by atoms with Gasteiger partial charge in [-0.1, -0.05) is 25.5 Å². The zero-order valence-corrected chi connectivity index (χ0v) is 16.7. The van der Waals surface area contributed by atoms with Gasteiger partial charge in [0, 0.05) is 30.9 Å². The number of anilines is 1. The van der Waals surface area contributed by atoms with Crippen LogP contribution in [0.15, 0.2) is 24.3 Å². The molecule has 1 aromatic carbocycles. The van der Waals surface area contributed by atoms with Crippen molar-refractivity contribution in [2.24, 2.45) is 0 Å². The summed E-state index contributed by atoms with van der Waals surface area (Å²) in [4.78, 5) is 3.54. The van der Waals surface area contributed by atoms with Crippen LogP contribution in [0.4, 0.5) is 32.0 Å². The first kappa shape index (κ1) is 24.5. The van der Waals surface area contributed by atoms with Crippen LogP contribution in [0.25, 0.3) is 0 Å². The van der Waals surface area contributed by atoms with Crippen molar-refractivity contribution in [3.63, 3.8) is 0 Å². The van der Waals surface area contributed by atoms with Gasteiger partial charge in [0.2, 0.25) is 0 Å². The summed E-state index contributed by atoms with van der Waals surface area (Å²) in [6, 6.07) is 3.51. The van der Waals surface area contributed by atoms with Gasteiger partial charge in [-0.15, -0.1) is 0 Å². The van der Waals surface area contributed by atoms with Crippen LogP contribution in [0.1, 0.15) is 39.2 Å². The van der Waals surface area contributed by atoms with Crippen molar-refractivity contribution in [1.82, 2.24) is 4.90 Å². The molecule has 1 rings (SSSR count). The van der Waals surface area contributed by atoms with E-state index in [4.69, 9.17) is 12.2 Å². The minimum Gasteiger partial charge on any atom is -0.369 e. The van der Waals surface area contributed by atoms with E-state index >= 15 is 0 Å². The third kappa shape index (κ3) is 4.89. The van der Waals surface area contributed by atoms with Gasteiger partial charge in [0.05, 0.1) is 0 Å². The number of halogens is 6. The number of benzene rings is 1. The van der Waals surface area contributed by atoms with Crippen molar-refractivity contribution in [2.75, 3.05) is 24.5 Å². The SMILES string of the molecule is CCCCN(C(=S)N(CC)CC)c1ccc(C(O)(C(F)(F)F)C(F)(F)F)cc1. The number of alkyl halides is 6. The highest BCUT2D eigenvalue weighted by atomic mass is 32.1. The van der Waals surface area contributed by atoms with Crippen LogP contribution in [0.3, 0.4) is 0 Å². The number of nitrogens with zero attached hydrogens (tertiary/aromatic N) is 2. The standard InChI is InChI=1S/C18H24F6N2OS/c1-4-7-12-26(15(28)25(5-2)6-3)14-10-8-13(9-11-14)16(27,17(19,20)21)18(22,23)24/h8-11,27H,4-7,12H2,1-3H3. The predicted octanol–water partition coefficient (Wildman–Crippen LogP) is 5.23. The molecular formula is C18H24F6N2OS. The summed E-state index contributed by atoms with van der Waals surface area (Å²) in [6.07, 6.45) is -10.3. The van der Waals surface area contributed by atoms with Gasteiger partial charge >= 0.3 is 12.4 Å². The Kier molecular flexibility index (Phi) is 8.13. The van der Waals surface area contributed by atoms with E-state index in [0.717, 1.165) is 25.0 Å². The van der Waals surface area contributed by atoms with Crippen LogP contribution in [-0.4, -0.2) is 47.1 Å². The maximum absolute atomic E-state index is 13.0. The molecule has 0 radical (unpaired) electrons. The van der Waals surface area contributed by atoms with Gasteiger partial charge in [-0.05, 0) is 44.6 Å². The molecule has 0 aliphatic carbocycles. The second-order valence-corrected chi connectivity index (χ2v) is 6.58. The lowest BCUT2D eigenvalue weighted by Crippen LogP contribution is -2.53. The molecule has 1 N–H and O–H groups in total. The van der Waals surface area contributed by atoms with Crippen molar-refractivity contribution in [1.29, 1.82) is 0 Å². The summed E-state index contributed by atoms with van der Waals surface area (Å²) < 4.78 is 78.2. The first-order valence-electron chi connectivity index (χ1n) is 8.87. The molecule has 0 fully saturated rings. The maximum atomic E-state index is 13.0. The van der Waals surface area contributed by atoms with Gasteiger partial charge in [-0.2, -0.15) is 26.3 Å². The fourth-order valence-electron chi connectivity index (χ4n) is 2.69. The molecule has 0 aromatic heterocycles. The highest BCUT2D eigenvalue weighted by Gasteiger charge is 2.71. The smallest absolute Gasteiger partial charge is 0.369 e. The Morgan fingerprint density at radius 2 is 1.39 bits per heavy atom. The molecule has 28 heavy (non-hydrogen) atoms. The fourth-order valence-corrected chi connectivity index (χ4v) is 3.14. The topological polar surface area (TPSA) is 26.7 Å². The van der Waals surface area contributed by atoms with Gasteiger partial charge in [0.15, 0.2) is 5.11 Å². The first-order valence-corrected chi connectivity index (χ1v) is 9.28. The Bertz CT molecular complexity index is 627. The highest BCUT2D eigenvalue weighted by Crippen LogP contribution is 2.50. The fraction of sp³-hybridized carbons (Fsp3) is 0.611. The van der Waals surface area contributed by atoms with E-state index in [1.807, 2.05) is 25.7 Å². The van der Waals surface area contributed by atoms with E-state index in [2.05, 4.69) is 0 Å². The Morgan fingerprint density at radius 3 is 1.75 bits per heavy atom. The number of hydrogen-bond acceptors (Lipinski definition) is 2. The van der Waals surface area contributed by atoms with Crippen LogP contribution in [-0.2, 0) is 5.60 Å². The van der Waals surface area contributed by atoms with Crippen molar-refractivity contribution in [3.8, 4) is 0 Å². The van der Waals surface area contributed by atoms with Crippen molar-refractivity contribution in [3.05, 3.63) is 29.8 Å². The number of hydrogen-bond donors (Lipinski definition) is 1. The predicted molar refractivity (Wildman–Crippen MR) is 100 cm³/mol. The van der Waals surface area contributed by atoms with E-state index in [9.17, 15) is 31.4 Å². The molecule has 0 amide bonds. The van der Waals surface area contributed by atoms with Crippen LogP contribution in [0.5, 0.6) is 0 Å². The molecule has 1 aromatic rings. The van der Waals surface area contributed by atoms with Gasteiger partial charge in [-0.25, -0.2) is 0 Å². The van der Waals surface area contributed by atoms with Crippen molar-refractivity contribution < 1.29 is 31.4 Å². The lowest BCUT2D eigenvalue weighted by Gasteiger charge is -2.34. The average molecular weight is 430 g/mol. The Morgan fingerprint density at radius 1 is 0.929 bits per heavy atom. The molecule has 0 bridgehead atoms. The molecule has 0 aliphatic rings. The normalized spacial score (nSPS) is 12.8. The summed E-state index contributed by atoms with van der Waals surface area (Å²) in [5.41, 5.74) is -5.87. The summed E-state index contributed by atoms with van der Waals surface area (Å²) in [5, 5.41) is 9.94. The van der Waals surface area contributed by atoms with E-state index < -0.39 is 23.5 Å². The minimum atomic E-state index is -5.91. The molecule has 0 spiro atoms. The van der Waals surface area contributed by atoms with Crippen LogP contribution in [0, 0.1) is 0 Å². The zero-order valence-electron chi connectivity index (χ0n) is 15.9. The third-order valence-corrected chi connectivity index (χ3v) is 4.90. The first-order chi connectivity index (χ1) is 12.8. The molecule has 0 unspecified atom stereocenters. The van der Waals surface area contributed by atoms with Gasteiger partial charge in [0.1, 0.15) is 0 Å². The van der Waals surface area contributed by atoms with E-state index in [1.165, 1.54) is 0 Å². The average Bonchev–Trinajstić information content (AvgIpc) is 2.61. The Labute approximate surface area is 165 Å². The molecule has 0 saturated carbocycles. The molecule has 3 nitrogen and oxygen atoms in total. The molecule has 0 heterocycles. The molecule has 160 valence electrons. The lowest BCUT2D eigenvalue weighted by molar-refractivity contribution is -0.376. The molecule has 0 saturated heterocycles. The molecule has 0 atom stereocenters. The van der Waals surface area contributed by atoms with Crippen LogP contribution < -0.4 is 4.90 Å². The minimum absolute atomic E-state index is 0.362. The van der Waals surface area contributed by atoms with Gasteiger partial charge in [0.25, 0.3) is 5.60 Å². The molecule has 10 heteroatoms. The van der Waals surface area contributed by atoms with Crippen molar-refractivity contribution in [2.45, 2.75) is 51.6 Å². The number of rotatable bonds is 7. The maximum Gasteiger partial charge on any atom is 0.430 e. The van der Waals surface area contributed by atoms with Gasteiger partial charge in [-0.3, -0.25) is 0 Å². The zero-order chi connectivity index (χ0) is 21.8. The lowest BCUT2D eigenvalue weighted by atomic mass is 9.92. The van der Waals surface area contributed by atoms with Gasteiger partial charge < -0.3 is 14.9 Å². The summed E-state index contributed by atoms with van der Waals surface area (Å²) in [7, 11) is 0. The van der Waals surface area contributed by atoms with Crippen LogP contribution in [0.2, 0.25) is 0 Å². The number of aliphatic hydroxyl groups is 1. The Hall–Kier alpha value is -1.55. The summed E-state index contributed by atoms with van der Waals surface area (Å²) in [6.45, 7) is 7.42. The van der Waals surface area contributed by atoms with E-state index in [1.54, 1.807) is 4.90 Å². The molecule has 0 aliphatic heterocycles. The highest BCUT2D eigenvalue weighted by molar-refractivity contribution is 7.80. The van der Waals surface area contributed by atoms with E-state index in [0.29, 0.717) is 42.6 Å². The van der Waals surface area contributed by atoms with E-state index in [-0.39, 0.29) is 0 Å². The quantitative estimate of drug-likeness (QED) is 0.473.